The normalized spacial score (nSPS) is 38.9. The van der Waals surface area contributed by atoms with Gasteiger partial charge in [0.2, 0.25) is 0 Å². The van der Waals surface area contributed by atoms with Gasteiger partial charge in [-0.3, -0.25) is 0 Å². The molecule has 2 bridgehead atoms. The van der Waals surface area contributed by atoms with Crippen LogP contribution in [0.25, 0.3) is 0 Å². The lowest BCUT2D eigenvalue weighted by Crippen LogP contribution is -2.56. The lowest BCUT2D eigenvalue weighted by atomic mass is 10.0. The summed E-state index contributed by atoms with van der Waals surface area (Å²) in [7, 11) is 0. The first-order valence-electron chi connectivity index (χ1n) is 6.12. The van der Waals surface area contributed by atoms with Gasteiger partial charge in [-0.2, -0.15) is 12.6 Å². The molecule has 18 heavy (non-hydrogen) atoms. The van der Waals surface area contributed by atoms with Crippen molar-refractivity contribution in [2.24, 2.45) is 5.73 Å². The maximum absolute atomic E-state index is 6.01. The molecule has 5 heteroatoms. The van der Waals surface area contributed by atoms with Crippen molar-refractivity contribution >= 4 is 12.6 Å². The highest BCUT2D eigenvalue weighted by atomic mass is 32.1. The van der Waals surface area contributed by atoms with Crippen molar-refractivity contribution in [3.8, 4) is 0 Å². The molecule has 5 unspecified atom stereocenters. The average Bonchev–Trinajstić information content (AvgIpc) is 2.84. The first kappa shape index (κ1) is 12.4. The van der Waals surface area contributed by atoms with Crippen molar-refractivity contribution in [1.82, 2.24) is 0 Å². The van der Waals surface area contributed by atoms with Crippen LogP contribution >= 0.6 is 12.6 Å². The summed E-state index contributed by atoms with van der Waals surface area (Å²) >= 11 is 4.55. The molecule has 0 spiro atoms. The topological polar surface area (TPSA) is 53.7 Å². The molecule has 3 rings (SSSR count). The van der Waals surface area contributed by atoms with Crippen LogP contribution in [-0.4, -0.2) is 36.4 Å². The predicted molar refractivity (Wildman–Crippen MR) is 70.4 cm³/mol. The molecule has 0 saturated carbocycles. The molecule has 1 aromatic carbocycles. The third-order valence-corrected chi connectivity index (χ3v) is 4.07. The van der Waals surface area contributed by atoms with Gasteiger partial charge in [-0.1, -0.05) is 30.3 Å². The first-order chi connectivity index (χ1) is 8.75. The molecule has 0 aromatic heterocycles. The van der Waals surface area contributed by atoms with E-state index in [1.54, 1.807) is 0 Å². The Labute approximate surface area is 112 Å². The Kier molecular flexibility index (Phi) is 3.59. The van der Waals surface area contributed by atoms with Crippen LogP contribution in [0.3, 0.4) is 0 Å². The van der Waals surface area contributed by atoms with Gasteiger partial charge >= 0.3 is 0 Å². The van der Waals surface area contributed by atoms with Crippen molar-refractivity contribution in [2.75, 3.05) is 6.61 Å². The van der Waals surface area contributed by atoms with Crippen LogP contribution in [0, 0.1) is 0 Å². The number of hydrogen-bond donors (Lipinski definition) is 2. The molecule has 2 N–H and O–H groups in total. The minimum absolute atomic E-state index is 0.0546. The second kappa shape index (κ2) is 5.19. The van der Waals surface area contributed by atoms with Crippen LogP contribution in [0.5, 0.6) is 0 Å². The van der Waals surface area contributed by atoms with E-state index in [2.05, 4.69) is 12.6 Å². The molecule has 0 amide bonds. The third-order valence-electron chi connectivity index (χ3n) is 3.43. The molecular formula is C13H17NO3S. The molecule has 5 atom stereocenters. The van der Waals surface area contributed by atoms with E-state index in [1.807, 2.05) is 30.3 Å². The maximum Gasteiger partial charge on any atom is 0.174 e. The van der Waals surface area contributed by atoms with Gasteiger partial charge in [0, 0.05) is 0 Å². The summed E-state index contributed by atoms with van der Waals surface area (Å²) in [5.41, 5.74) is 7.14. The molecule has 2 heterocycles. The zero-order valence-corrected chi connectivity index (χ0v) is 10.8. The van der Waals surface area contributed by atoms with Gasteiger partial charge in [-0.25, -0.2) is 0 Å². The summed E-state index contributed by atoms with van der Waals surface area (Å²) in [4.78, 5) is 0. The Hall–Kier alpha value is -0.590. The van der Waals surface area contributed by atoms with Crippen molar-refractivity contribution < 1.29 is 14.2 Å². The Morgan fingerprint density at radius 2 is 2.11 bits per heavy atom. The lowest BCUT2D eigenvalue weighted by Gasteiger charge is -2.36. The Bertz CT molecular complexity index is 402. The van der Waals surface area contributed by atoms with Crippen LogP contribution in [0.4, 0.5) is 0 Å². The van der Waals surface area contributed by atoms with Crippen LogP contribution in [-0.2, 0) is 20.8 Å². The van der Waals surface area contributed by atoms with Gasteiger partial charge in [-0.05, 0) is 5.56 Å². The number of thiol groups is 1. The second-order valence-electron chi connectivity index (χ2n) is 4.71. The van der Waals surface area contributed by atoms with Gasteiger partial charge in [0.05, 0.1) is 30.6 Å². The summed E-state index contributed by atoms with van der Waals surface area (Å²) in [6.07, 6.45) is -0.502. The van der Waals surface area contributed by atoms with Crippen LogP contribution < -0.4 is 5.73 Å². The average molecular weight is 267 g/mol. The molecule has 0 aliphatic carbocycles. The van der Waals surface area contributed by atoms with E-state index in [-0.39, 0.29) is 29.8 Å². The van der Waals surface area contributed by atoms with E-state index in [4.69, 9.17) is 19.9 Å². The van der Waals surface area contributed by atoms with E-state index in [0.717, 1.165) is 5.56 Å². The number of ether oxygens (including phenoxy) is 3. The summed E-state index contributed by atoms with van der Waals surface area (Å²) < 4.78 is 17.0. The van der Waals surface area contributed by atoms with Crippen molar-refractivity contribution in [3.05, 3.63) is 35.9 Å². The molecule has 2 aliphatic heterocycles. The highest BCUT2D eigenvalue weighted by molar-refractivity contribution is 7.81. The fourth-order valence-electron chi connectivity index (χ4n) is 2.39. The summed E-state index contributed by atoms with van der Waals surface area (Å²) in [5.74, 6) is 0. The summed E-state index contributed by atoms with van der Waals surface area (Å²) in [6.45, 7) is 1.08. The number of nitrogens with two attached hydrogens (primary N) is 1. The fraction of sp³-hybridized carbons (Fsp3) is 0.538. The maximum atomic E-state index is 6.01. The van der Waals surface area contributed by atoms with Crippen LogP contribution in [0.15, 0.2) is 30.3 Å². The molecule has 4 nitrogen and oxygen atoms in total. The minimum atomic E-state index is -0.325. The van der Waals surface area contributed by atoms with E-state index in [1.165, 1.54) is 0 Å². The van der Waals surface area contributed by atoms with E-state index in [9.17, 15) is 0 Å². The Morgan fingerprint density at radius 3 is 2.89 bits per heavy atom. The molecule has 2 saturated heterocycles. The highest BCUT2D eigenvalue weighted by Gasteiger charge is 2.48. The monoisotopic (exact) mass is 267 g/mol. The number of benzene rings is 1. The van der Waals surface area contributed by atoms with Crippen LogP contribution in [0.2, 0.25) is 0 Å². The molecule has 98 valence electrons. The summed E-state index contributed by atoms with van der Waals surface area (Å²) in [6, 6.07) is 9.80. The van der Waals surface area contributed by atoms with Gasteiger partial charge in [0.1, 0.15) is 6.10 Å². The number of fused-ring (bicyclic) bond motifs is 2. The lowest BCUT2D eigenvalue weighted by molar-refractivity contribution is -0.144. The third kappa shape index (κ3) is 2.29. The minimum Gasteiger partial charge on any atom is -0.370 e. The zero-order valence-electron chi connectivity index (χ0n) is 9.94. The van der Waals surface area contributed by atoms with Gasteiger partial charge in [0.15, 0.2) is 6.29 Å². The van der Waals surface area contributed by atoms with E-state index >= 15 is 0 Å². The molecule has 0 radical (unpaired) electrons. The second-order valence-corrected chi connectivity index (χ2v) is 5.30. The van der Waals surface area contributed by atoms with Crippen LogP contribution in [0.1, 0.15) is 5.56 Å². The quantitative estimate of drug-likeness (QED) is 0.801. The van der Waals surface area contributed by atoms with E-state index in [0.29, 0.717) is 13.2 Å². The zero-order chi connectivity index (χ0) is 12.5. The molecule has 1 aromatic rings. The van der Waals surface area contributed by atoms with Gasteiger partial charge in [-0.15, -0.1) is 0 Å². The van der Waals surface area contributed by atoms with E-state index < -0.39 is 0 Å². The number of hydrogen-bond acceptors (Lipinski definition) is 5. The first-order valence-corrected chi connectivity index (χ1v) is 6.63. The van der Waals surface area contributed by atoms with Crippen molar-refractivity contribution in [2.45, 2.75) is 36.4 Å². The Morgan fingerprint density at radius 1 is 1.33 bits per heavy atom. The standard InChI is InChI=1S/C13H17NO3S/c14-10-12(18)11(9-7-16-13(10)17-9)15-6-8-4-2-1-3-5-8/h1-5,9-13,18H,6-7,14H2. The van der Waals surface area contributed by atoms with Crippen molar-refractivity contribution in [3.63, 3.8) is 0 Å². The predicted octanol–water partition coefficient (Wildman–Crippen LogP) is 0.953. The summed E-state index contributed by atoms with van der Waals surface area (Å²) in [5, 5.41) is -0.0556. The molecule has 2 aliphatic rings. The molecular weight excluding hydrogens is 250 g/mol. The molecule has 2 fully saturated rings. The number of rotatable bonds is 3. The highest BCUT2D eigenvalue weighted by Crippen LogP contribution is 2.32. The Balaban J connectivity index is 1.65. The van der Waals surface area contributed by atoms with Gasteiger partial charge < -0.3 is 19.9 Å². The fourth-order valence-corrected chi connectivity index (χ4v) is 2.81. The largest absolute Gasteiger partial charge is 0.370 e. The van der Waals surface area contributed by atoms with Crippen molar-refractivity contribution in [1.29, 1.82) is 0 Å². The smallest absolute Gasteiger partial charge is 0.174 e. The SMILES string of the molecule is NC1C2OCC(O2)C(OCc2ccccc2)C1S. The van der Waals surface area contributed by atoms with Gasteiger partial charge in [0.25, 0.3) is 0 Å².